The molecule has 168 valence electrons. The number of piperidine rings is 1. The van der Waals surface area contributed by atoms with Gasteiger partial charge in [0.05, 0.1) is 0 Å². The lowest BCUT2D eigenvalue weighted by Crippen LogP contribution is -2.46. The molecule has 3 rings (SSSR count). The Labute approximate surface area is 188 Å². The van der Waals surface area contributed by atoms with Crippen LogP contribution in [0.1, 0.15) is 36.5 Å². The minimum Gasteiger partial charge on any atom is -0.387 e. The molecule has 8 heteroatoms. The molecule has 32 heavy (non-hydrogen) atoms. The van der Waals surface area contributed by atoms with E-state index in [4.69, 9.17) is 5.11 Å². The van der Waals surface area contributed by atoms with Crippen molar-refractivity contribution in [2.45, 2.75) is 46.1 Å². The number of nitrogens with zero attached hydrogens (tertiary/aromatic N) is 3. The highest BCUT2D eigenvalue weighted by atomic mass is 16.3. The van der Waals surface area contributed by atoms with Crippen LogP contribution in [0.25, 0.3) is 0 Å². The molecule has 8 nitrogen and oxygen atoms in total. The van der Waals surface area contributed by atoms with E-state index in [0.717, 1.165) is 35.2 Å². The minimum atomic E-state index is -0.479. The average molecular weight is 436 g/mol. The summed E-state index contributed by atoms with van der Waals surface area (Å²) in [7, 11) is 0. The molecule has 1 aromatic carbocycles. The Bertz CT molecular complexity index is 1060. The molecule has 0 radical (unpaired) electrons. The predicted molar refractivity (Wildman–Crippen MR) is 124 cm³/mol. The molecule has 0 unspecified atom stereocenters. The molecule has 1 aliphatic rings. The number of aliphatic hydroxyl groups excluding tert-OH is 1. The highest BCUT2D eigenvalue weighted by Crippen LogP contribution is 2.25. The van der Waals surface area contributed by atoms with Gasteiger partial charge in [-0.25, -0.2) is 4.98 Å². The van der Waals surface area contributed by atoms with Gasteiger partial charge in [-0.2, -0.15) is 4.98 Å². The lowest BCUT2D eigenvalue weighted by atomic mass is 10.0. The number of aliphatic hydroxyl groups is 1. The highest BCUT2D eigenvalue weighted by Gasteiger charge is 2.23. The summed E-state index contributed by atoms with van der Waals surface area (Å²) in [5.41, 5.74) is 3.58. The van der Waals surface area contributed by atoms with E-state index < -0.39 is 6.61 Å². The first-order chi connectivity index (χ1) is 15.4. The van der Waals surface area contributed by atoms with Crippen molar-refractivity contribution in [2.75, 3.05) is 30.3 Å². The zero-order valence-corrected chi connectivity index (χ0v) is 18.7. The molecule has 2 heterocycles. The third-order valence-corrected chi connectivity index (χ3v) is 5.34. The van der Waals surface area contributed by atoms with E-state index in [2.05, 4.69) is 32.4 Å². The van der Waals surface area contributed by atoms with Crippen LogP contribution in [0.3, 0.4) is 0 Å². The summed E-state index contributed by atoms with van der Waals surface area (Å²) in [6.45, 7) is 6.22. The molecule has 1 atom stereocenters. The number of benzene rings is 1. The molecule has 1 aliphatic heterocycles. The van der Waals surface area contributed by atoms with Crippen molar-refractivity contribution in [3.8, 4) is 11.8 Å². The molecule has 0 spiro atoms. The lowest BCUT2D eigenvalue weighted by Gasteiger charge is -2.32. The molecular formula is C24H29N5O3. The van der Waals surface area contributed by atoms with Crippen molar-refractivity contribution >= 4 is 29.1 Å². The van der Waals surface area contributed by atoms with E-state index in [1.54, 1.807) is 18.0 Å². The molecule has 2 aromatic rings. The Kier molecular flexibility index (Phi) is 7.79. The van der Waals surface area contributed by atoms with Gasteiger partial charge in [0.2, 0.25) is 17.6 Å². The monoisotopic (exact) mass is 435 g/mol. The Morgan fingerprint density at radius 1 is 1.31 bits per heavy atom. The summed E-state index contributed by atoms with van der Waals surface area (Å²) >= 11 is 0. The number of nitrogens with one attached hydrogen (secondary N) is 2. The van der Waals surface area contributed by atoms with Gasteiger partial charge in [0, 0.05) is 43.0 Å². The molecule has 1 aromatic heterocycles. The number of hydrogen-bond acceptors (Lipinski definition) is 7. The Hall–Kier alpha value is -3.44. The maximum absolute atomic E-state index is 12.1. The standard InChI is InChI=1S/C24H29N5O3/c1-4-6-20(31)12-18-11-16(2)8-9-21(18)27-23-17(3)13-25-24(28-23)26-19-7-5-10-29(14-19)22(32)15-30/h8-9,11,13,19,30H,5,7,10,12,14-15H2,1-3H3,(H2,25,26,27,28)/t19-/m0/s1. The zero-order chi connectivity index (χ0) is 23.1. The molecule has 1 saturated heterocycles. The fraction of sp³-hybridized carbons (Fsp3) is 0.417. The first-order valence-electron chi connectivity index (χ1n) is 10.7. The topological polar surface area (TPSA) is 107 Å². The van der Waals surface area contributed by atoms with Crippen LogP contribution in [-0.2, 0) is 16.0 Å². The Morgan fingerprint density at radius 3 is 2.88 bits per heavy atom. The molecule has 3 N–H and O–H groups in total. The van der Waals surface area contributed by atoms with Crippen LogP contribution in [-0.4, -0.2) is 57.4 Å². The van der Waals surface area contributed by atoms with E-state index in [1.165, 1.54) is 0 Å². The van der Waals surface area contributed by atoms with Crippen molar-refractivity contribution < 1.29 is 14.7 Å². The van der Waals surface area contributed by atoms with E-state index in [9.17, 15) is 9.59 Å². The first kappa shape index (κ1) is 23.2. The van der Waals surface area contributed by atoms with Gasteiger partial charge in [-0.15, -0.1) is 0 Å². The number of aryl methyl sites for hydroxylation is 2. The van der Waals surface area contributed by atoms with E-state index >= 15 is 0 Å². The fourth-order valence-corrected chi connectivity index (χ4v) is 3.72. The second kappa shape index (κ2) is 10.7. The van der Waals surface area contributed by atoms with Gasteiger partial charge in [0.25, 0.3) is 0 Å². The van der Waals surface area contributed by atoms with Crippen molar-refractivity contribution in [2.24, 2.45) is 0 Å². The predicted octanol–water partition coefficient (Wildman–Crippen LogP) is 2.37. The molecule has 0 bridgehead atoms. The largest absolute Gasteiger partial charge is 0.387 e. The Balaban J connectivity index is 1.77. The van der Waals surface area contributed by atoms with Gasteiger partial charge >= 0.3 is 0 Å². The van der Waals surface area contributed by atoms with Crippen LogP contribution in [0.4, 0.5) is 17.5 Å². The summed E-state index contributed by atoms with van der Waals surface area (Å²) < 4.78 is 0. The molecule has 0 saturated carbocycles. The van der Waals surface area contributed by atoms with E-state index in [-0.39, 0.29) is 24.2 Å². The minimum absolute atomic E-state index is 0.00924. The van der Waals surface area contributed by atoms with Gasteiger partial charge in [-0.05, 0) is 51.2 Å². The van der Waals surface area contributed by atoms with Crippen molar-refractivity contribution in [3.63, 3.8) is 0 Å². The van der Waals surface area contributed by atoms with Gasteiger partial charge in [-0.3, -0.25) is 9.59 Å². The number of ketones is 1. The third-order valence-electron chi connectivity index (χ3n) is 5.34. The number of Topliss-reactive ketones (excluding diaryl/α,β-unsaturated/α-hetero) is 1. The fourth-order valence-electron chi connectivity index (χ4n) is 3.72. The number of likely N-dealkylation sites (tertiary alicyclic amines) is 1. The quantitative estimate of drug-likeness (QED) is 0.453. The van der Waals surface area contributed by atoms with Crippen molar-refractivity contribution in [1.29, 1.82) is 0 Å². The summed E-state index contributed by atoms with van der Waals surface area (Å²) in [6.07, 6.45) is 3.69. The zero-order valence-electron chi connectivity index (χ0n) is 18.7. The van der Waals surface area contributed by atoms with Gasteiger partial charge in [-0.1, -0.05) is 23.6 Å². The van der Waals surface area contributed by atoms with Gasteiger partial charge in [0.1, 0.15) is 12.4 Å². The first-order valence-corrected chi connectivity index (χ1v) is 10.7. The van der Waals surface area contributed by atoms with Crippen LogP contribution >= 0.6 is 0 Å². The summed E-state index contributed by atoms with van der Waals surface area (Å²) in [5.74, 6) is 5.94. The average Bonchev–Trinajstić information content (AvgIpc) is 2.77. The summed E-state index contributed by atoms with van der Waals surface area (Å²) in [4.78, 5) is 34.6. The number of hydrogen-bond donors (Lipinski definition) is 3. The van der Waals surface area contributed by atoms with Gasteiger partial charge in [0.15, 0.2) is 0 Å². The van der Waals surface area contributed by atoms with Crippen LogP contribution in [0.2, 0.25) is 0 Å². The van der Waals surface area contributed by atoms with Crippen molar-refractivity contribution in [1.82, 2.24) is 14.9 Å². The lowest BCUT2D eigenvalue weighted by molar-refractivity contribution is -0.135. The van der Waals surface area contributed by atoms with Crippen LogP contribution in [0, 0.1) is 25.7 Å². The second-order valence-electron chi connectivity index (χ2n) is 7.97. The van der Waals surface area contributed by atoms with Crippen LogP contribution in [0.15, 0.2) is 24.4 Å². The normalized spacial score (nSPS) is 15.5. The number of carbonyl (C=O) groups is 2. The second-order valence-corrected chi connectivity index (χ2v) is 7.97. The highest BCUT2D eigenvalue weighted by molar-refractivity contribution is 5.97. The van der Waals surface area contributed by atoms with Crippen molar-refractivity contribution in [3.05, 3.63) is 41.1 Å². The summed E-state index contributed by atoms with van der Waals surface area (Å²) in [5, 5.41) is 15.8. The number of carbonyl (C=O) groups excluding carboxylic acids is 2. The third kappa shape index (κ3) is 6.05. The molecular weight excluding hydrogens is 406 g/mol. The molecule has 1 fully saturated rings. The van der Waals surface area contributed by atoms with Gasteiger partial charge < -0.3 is 20.6 Å². The number of rotatable bonds is 7. The van der Waals surface area contributed by atoms with Crippen LogP contribution in [0.5, 0.6) is 0 Å². The number of anilines is 3. The van der Waals surface area contributed by atoms with E-state index in [1.807, 2.05) is 32.0 Å². The van der Waals surface area contributed by atoms with E-state index in [0.29, 0.717) is 24.9 Å². The molecule has 0 aliphatic carbocycles. The number of amides is 1. The number of aromatic nitrogens is 2. The SMILES string of the molecule is CC#CC(=O)Cc1cc(C)ccc1Nc1nc(N[C@H]2CCCN(C(=O)CO)C2)ncc1C. The Morgan fingerprint density at radius 2 is 2.12 bits per heavy atom. The van der Waals surface area contributed by atoms with Crippen LogP contribution < -0.4 is 10.6 Å². The maximum Gasteiger partial charge on any atom is 0.248 e. The molecule has 1 amide bonds. The maximum atomic E-state index is 12.1. The smallest absolute Gasteiger partial charge is 0.248 e. The summed E-state index contributed by atoms with van der Waals surface area (Å²) in [6, 6.07) is 5.90.